The minimum atomic E-state index is -0.693. The van der Waals surface area contributed by atoms with E-state index in [1.165, 1.54) is 0 Å². The number of carboxylic acids is 1. The van der Waals surface area contributed by atoms with Gasteiger partial charge in [-0.3, -0.25) is 9.59 Å². The van der Waals surface area contributed by atoms with Crippen LogP contribution in [0.4, 0.5) is 0 Å². The lowest BCUT2D eigenvalue weighted by atomic mass is 10.3. The molecule has 1 N–H and O–H groups in total. The fraction of sp³-hybridized carbons (Fsp3) is 0.800. The van der Waals surface area contributed by atoms with Gasteiger partial charge in [0.2, 0.25) is 0 Å². The third-order valence-corrected chi connectivity index (χ3v) is 1.34. The number of hydrogen-bond donors (Lipinski definition) is 1. The zero-order valence-electron chi connectivity index (χ0n) is 9.21. The van der Waals surface area contributed by atoms with Crippen LogP contribution in [0.5, 0.6) is 0 Å². The van der Waals surface area contributed by atoms with Gasteiger partial charge >= 0.3 is 11.9 Å². The summed E-state index contributed by atoms with van der Waals surface area (Å²) in [5, 5.41) is 8.04. The molecule has 4 nitrogen and oxygen atoms in total. The summed E-state index contributed by atoms with van der Waals surface area (Å²) in [6.07, 6.45) is 2.56. The van der Waals surface area contributed by atoms with Gasteiger partial charge in [0.05, 0.1) is 6.61 Å². The summed E-state index contributed by atoms with van der Waals surface area (Å²) < 4.78 is 4.55. The lowest BCUT2D eigenvalue weighted by molar-refractivity contribution is -0.142. The third-order valence-electron chi connectivity index (χ3n) is 1.34. The van der Waals surface area contributed by atoms with Crippen molar-refractivity contribution in [2.45, 2.75) is 46.5 Å². The Labute approximate surface area is 85.3 Å². The normalized spacial score (nSPS) is 8.50. The maximum absolute atomic E-state index is 10.2. The number of esters is 1. The van der Waals surface area contributed by atoms with Crippen LogP contribution < -0.4 is 0 Å². The van der Waals surface area contributed by atoms with Crippen molar-refractivity contribution in [2.24, 2.45) is 0 Å². The molecule has 0 aliphatic heterocycles. The zero-order valence-corrected chi connectivity index (χ0v) is 9.21. The summed E-state index contributed by atoms with van der Waals surface area (Å²) >= 11 is 0. The fourth-order valence-electron chi connectivity index (χ4n) is 0.591. The van der Waals surface area contributed by atoms with Gasteiger partial charge in [0.1, 0.15) is 0 Å². The Bertz CT molecular complexity index is 154. The van der Waals surface area contributed by atoms with Crippen molar-refractivity contribution in [3.8, 4) is 0 Å². The topological polar surface area (TPSA) is 63.6 Å². The van der Waals surface area contributed by atoms with Crippen LogP contribution in [0, 0.1) is 0 Å². The molecule has 0 aliphatic rings. The predicted octanol–water partition coefficient (Wildman–Crippen LogP) is 2.22. The van der Waals surface area contributed by atoms with Crippen LogP contribution in [0.25, 0.3) is 0 Å². The van der Waals surface area contributed by atoms with Crippen LogP contribution in [0.3, 0.4) is 0 Å². The number of ether oxygens (including phenoxy) is 1. The summed E-state index contributed by atoms with van der Waals surface area (Å²) in [6, 6.07) is 0. The number of carbonyl (C=O) groups excluding carboxylic acids is 1. The molecule has 14 heavy (non-hydrogen) atoms. The standard InChI is InChI=1S/2C5H10O2/c1-3-5(6)7-4-2;1-2-3-4-5(6)7/h3-4H2,1-2H3;2-4H2,1H3,(H,6,7). The highest BCUT2D eigenvalue weighted by Crippen LogP contribution is 1.91. The molecule has 0 spiro atoms. The van der Waals surface area contributed by atoms with Crippen molar-refractivity contribution in [1.29, 1.82) is 0 Å². The first-order valence-corrected chi connectivity index (χ1v) is 4.95. The van der Waals surface area contributed by atoms with Crippen LogP contribution in [-0.4, -0.2) is 23.7 Å². The first-order chi connectivity index (χ1) is 6.58. The van der Waals surface area contributed by atoms with E-state index in [2.05, 4.69) is 4.74 Å². The van der Waals surface area contributed by atoms with E-state index in [9.17, 15) is 9.59 Å². The highest BCUT2D eigenvalue weighted by molar-refractivity contribution is 5.68. The van der Waals surface area contributed by atoms with Crippen molar-refractivity contribution in [3.63, 3.8) is 0 Å². The minimum Gasteiger partial charge on any atom is -0.481 e. The molecule has 0 unspecified atom stereocenters. The average molecular weight is 204 g/mol. The van der Waals surface area contributed by atoms with Crippen molar-refractivity contribution in [2.75, 3.05) is 6.61 Å². The second-order valence-corrected chi connectivity index (χ2v) is 2.66. The van der Waals surface area contributed by atoms with Crippen LogP contribution in [-0.2, 0) is 14.3 Å². The summed E-state index contributed by atoms with van der Waals surface area (Å²) in [4.78, 5) is 19.9. The SMILES string of the molecule is CCCCC(=O)O.CCOC(=O)CC. The van der Waals surface area contributed by atoms with E-state index in [-0.39, 0.29) is 5.97 Å². The van der Waals surface area contributed by atoms with Crippen molar-refractivity contribution in [3.05, 3.63) is 0 Å². The molecule has 0 aromatic rings. The summed E-state index contributed by atoms with van der Waals surface area (Å²) in [5.41, 5.74) is 0. The smallest absolute Gasteiger partial charge is 0.305 e. The molecule has 4 heteroatoms. The molecule has 0 fully saturated rings. The molecule has 0 saturated carbocycles. The van der Waals surface area contributed by atoms with E-state index in [0.717, 1.165) is 12.8 Å². The number of aliphatic carboxylic acids is 1. The number of carbonyl (C=O) groups is 2. The first-order valence-electron chi connectivity index (χ1n) is 4.95. The van der Waals surface area contributed by atoms with Gasteiger partial charge in [-0.2, -0.15) is 0 Å². The molecule has 0 aromatic carbocycles. The number of rotatable bonds is 5. The second kappa shape index (κ2) is 11.9. The van der Waals surface area contributed by atoms with E-state index in [4.69, 9.17) is 5.11 Å². The molecule has 0 saturated heterocycles. The van der Waals surface area contributed by atoms with Gasteiger partial charge < -0.3 is 9.84 Å². The third kappa shape index (κ3) is 17.1. The molecule has 0 aliphatic carbocycles. The van der Waals surface area contributed by atoms with E-state index < -0.39 is 5.97 Å². The lowest BCUT2D eigenvalue weighted by Crippen LogP contribution is -2.00. The Kier molecular flexibility index (Phi) is 13.1. The van der Waals surface area contributed by atoms with Gasteiger partial charge in [-0.25, -0.2) is 0 Å². The zero-order chi connectivity index (χ0) is 11.4. The molecule has 0 rings (SSSR count). The maximum atomic E-state index is 10.2. The molecule has 84 valence electrons. The summed E-state index contributed by atoms with van der Waals surface area (Å²) in [5.74, 6) is -0.815. The van der Waals surface area contributed by atoms with E-state index in [1.807, 2.05) is 6.92 Å². The average Bonchev–Trinajstić information content (AvgIpc) is 2.16. The molecule has 0 amide bonds. The predicted molar refractivity (Wildman–Crippen MR) is 54.1 cm³/mol. The van der Waals surface area contributed by atoms with Crippen LogP contribution in [0.2, 0.25) is 0 Å². The van der Waals surface area contributed by atoms with Crippen molar-refractivity contribution in [1.82, 2.24) is 0 Å². The van der Waals surface area contributed by atoms with Crippen LogP contribution in [0.15, 0.2) is 0 Å². The van der Waals surface area contributed by atoms with Gasteiger partial charge in [-0.05, 0) is 13.3 Å². The summed E-state index contributed by atoms with van der Waals surface area (Å²) in [7, 11) is 0. The monoisotopic (exact) mass is 204 g/mol. The number of unbranched alkanes of at least 4 members (excludes halogenated alkanes) is 1. The largest absolute Gasteiger partial charge is 0.481 e. The molecule has 0 heterocycles. The lowest BCUT2D eigenvalue weighted by Gasteiger charge is -1.93. The highest BCUT2D eigenvalue weighted by Gasteiger charge is 1.91. The quantitative estimate of drug-likeness (QED) is 0.697. The Balaban J connectivity index is 0. The maximum Gasteiger partial charge on any atom is 0.305 e. The van der Waals surface area contributed by atoms with Gasteiger partial charge in [-0.1, -0.05) is 20.3 Å². The summed E-state index contributed by atoms with van der Waals surface area (Å²) in [6.45, 7) is 6.04. The van der Waals surface area contributed by atoms with E-state index in [1.54, 1.807) is 13.8 Å². The molecule has 0 atom stereocenters. The number of hydrogen-bond acceptors (Lipinski definition) is 3. The van der Waals surface area contributed by atoms with Crippen LogP contribution in [0.1, 0.15) is 46.5 Å². The van der Waals surface area contributed by atoms with Gasteiger partial charge in [0.15, 0.2) is 0 Å². The molecule has 0 bridgehead atoms. The molecule has 0 aromatic heterocycles. The Morgan fingerprint density at radius 2 is 1.79 bits per heavy atom. The molecular formula is C10H20O4. The van der Waals surface area contributed by atoms with Crippen LogP contribution >= 0.6 is 0 Å². The van der Waals surface area contributed by atoms with Gasteiger partial charge in [0.25, 0.3) is 0 Å². The molecule has 0 radical (unpaired) electrons. The number of carboxylic acid groups (broad SMARTS) is 1. The van der Waals surface area contributed by atoms with Crippen molar-refractivity contribution >= 4 is 11.9 Å². The Morgan fingerprint density at radius 3 is 1.93 bits per heavy atom. The Morgan fingerprint density at radius 1 is 1.21 bits per heavy atom. The van der Waals surface area contributed by atoms with E-state index in [0.29, 0.717) is 19.4 Å². The highest BCUT2D eigenvalue weighted by atomic mass is 16.5. The van der Waals surface area contributed by atoms with Crippen molar-refractivity contribution < 1.29 is 19.4 Å². The fourth-order valence-corrected chi connectivity index (χ4v) is 0.591. The van der Waals surface area contributed by atoms with E-state index >= 15 is 0 Å². The minimum absolute atomic E-state index is 0.123. The Hall–Kier alpha value is -1.06. The first kappa shape index (κ1) is 15.4. The second-order valence-electron chi connectivity index (χ2n) is 2.66. The van der Waals surface area contributed by atoms with Gasteiger partial charge in [-0.15, -0.1) is 0 Å². The van der Waals surface area contributed by atoms with Gasteiger partial charge in [0, 0.05) is 12.8 Å². The molecular weight excluding hydrogens is 184 g/mol.